The predicted octanol–water partition coefficient (Wildman–Crippen LogP) is 3.04. The minimum atomic E-state index is 0.410. The van der Waals surface area contributed by atoms with Crippen molar-refractivity contribution in [2.75, 3.05) is 13.1 Å². The third-order valence-electron chi connectivity index (χ3n) is 3.73. The Hall–Kier alpha value is -0.940. The number of nitrogens with zero attached hydrogens (tertiary/aromatic N) is 4. The Balaban J connectivity index is 2.05. The Morgan fingerprint density at radius 3 is 3.11 bits per heavy atom. The third-order valence-corrected chi connectivity index (χ3v) is 4.35. The van der Waals surface area contributed by atoms with Crippen LogP contribution in [0.2, 0.25) is 0 Å². The lowest BCUT2D eigenvalue weighted by Gasteiger charge is -2.33. The van der Waals surface area contributed by atoms with E-state index in [1.807, 2.05) is 12.1 Å². The van der Waals surface area contributed by atoms with E-state index >= 15 is 0 Å². The lowest BCUT2D eigenvalue weighted by molar-refractivity contribution is 0.149. The van der Waals surface area contributed by atoms with Gasteiger partial charge in [0.25, 0.3) is 0 Å². The lowest BCUT2D eigenvalue weighted by atomic mass is 10.0. The van der Waals surface area contributed by atoms with Crippen LogP contribution >= 0.6 is 15.9 Å². The van der Waals surface area contributed by atoms with Crippen molar-refractivity contribution in [1.29, 1.82) is 0 Å². The zero-order valence-electron chi connectivity index (χ0n) is 10.5. The van der Waals surface area contributed by atoms with Crippen molar-refractivity contribution in [2.45, 2.75) is 32.2 Å². The topological polar surface area (TPSA) is 33.4 Å². The van der Waals surface area contributed by atoms with Crippen LogP contribution < -0.4 is 0 Å². The van der Waals surface area contributed by atoms with Crippen molar-refractivity contribution in [3.63, 3.8) is 0 Å². The number of likely N-dealkylation sites (tertiary alicyclic amines) is 1. The van der Waals surface area contributed by atoms with Crippen LogP contribution in [0.4, 0.5) is 0 Å². The molecular weight excluding hydrogens is 292 g/mol. The predicted molar refractivity (Wildman–Crippen MR) is 74.5 cm³/mol. The first kappa shape index (κ1) is 12.1. The fraction of sp³-hybridized carbons (Fsp3) is 0.538. The van der Waals surface area contributed by atoms with Gasteiger partial charge >= 0.3 is 0 Å². The number of fused-ring (bicyclic) bond motifs is 1. The van der Waals surface area contributed by atoms with E-state index in [0.717, 1.165) is 22.5 Å². The number of piperidine rings is 1. The van der Waals surface area contributed by atoms with E-state index in [1.54, 1.807) is 0 Å². The average Bonchev–Trinajstić information content (AvgIpc) is 2.84. The minimum Gasteiger partial charge on any atom is -0.294 e. The standard InChI is InChI=1S/C13H17BrN4/c1-2-17-8-4-3-7-11(17)13-16-15-12-10(14)6-5-9-18(12)13/h5-6,9,11H,2-4,7-8H2,1H3. The molecule has 1 aliphatic rings. The number of rotatable bonds is 2. The largest absolute Gasteiger partial charge is 0.294 e. The van der Waals surface area contributed by atoms with Gasteiger partial charge in [-0.15, -0.1) is 10.2 Å². The van der Waals surface area contributed by atoms with Crippen molar-refractivity contribution < 1.29 is 0 Å². The summed E-state index contributed by atoms with van der Waals surface area (Å²) in [6.07, 6.45) is 5.81. The molecule has 18 heavy (non-hydrogen) atoms. The number of pyridine rings is 1. The second-order valence-electron chi connectivity index (χ2n) is 4.75. The number of halogens is 1. The molecule has 3 heterocycles. The van der Waals surface area contributed by atoms with E-state index in [-0.39, 0.29) is 0 Å². The van der Waals surface area contributed by atoms with Gasteiger partial charge in [0.2, 0.25) is 0 Å². The maximum absolute atomic E-state index is 4.42. The molecule has 0 bridgehead atoms. The lowest BCUT2D eigenvalue weighted by Crippen LogP contribution is -2.34. The van der Waals surface area contributed by atoms with Crippen LogP contribution in [0.3, 0.4) is 0 Å². The SMILES string of the molecule is CCN1CCCCC1c1nnc2c(Br)cccn12. The van der Waals surface area contributed by atoms with E-state index in [2.05, 4.69) is 48.5 Å². The van der Waals surface area contributed by atoms with Gasteiger partial charge in [-0.25, -0.2) is 0 Å². The van der Waals surface area contributed by atoms with Gasteiger partial charge in [0.15, 0.2) is 11.5 Å². The van der Waals surface area contributed by atoms with Crippen LogP contribution in [-0.4, -0.2) is 32.6 Å². The van der Waals surface area contributed by atoms with E-state index in [4.69, 9.17) is 0 Å². The average molecular weight is 309 g/mol. The smallest absolute Gasteiger partial charge is 0.175 e. The molecule has 0 amide bonds. The van der Waals surface area contributed by atoms with Crippen molar-refractivity contribution in [3.8, 4) is 0 Å². The summed E-state index contributed by atoms with van der Waals surface area (Å²) >= 11 is 3.53. The third kappa shape index (κ3) is 1.95. The van der Waals surface area contributed by atoms with Crippen molar-refractivity contribution in [2.24, 2.45) is 0 Å². The van der Waals surface area contributed by atoms with Crippen LogP contribution in [0.1, 0.15) is 38.1 Å². The molecule has 0 aliphatic carbocycles. The highest BCUT2D eigenvalue weighted by atomic mass is 79.9. The fourth-order valence-corrected chi connectivity index (χ4v) is 3.21. The first-order valence-corrected chi connectivity index (χ1v) is 7.33. The van der Waals surface area contributed by atoms with Gasteiger partial charge in [-0.3, -0.25) is 9.30 Å². The quantitative estimate of drug-likeness (QED) is 0.855. The summed E-state index contributed by atoms with van der Waals surface area (Å²) in [5.74, 6) is 1.08. The highest BCUT2D eigenvalue weighted by Gasteiger charge is 2.26. The molecule has 0 saturated carbocycles. The van der Waals surface area contributed by atoms with Crippen LogP contribution in [0, 0.1) is 0 Å². The molecule has 1 aliphatic heterocycles. The highest BCUT2D eigenvalue weighted by molar-refractivity contribution is 9.10. The molecule has 0 spiro atoms. The molecule has 1 saturated heterocycles. The maximum atomic E-state index is 4.42. The molecule has 2 aromatic heterocycles. The monoisotopic (exact) mass is 308 g/mol. The molecule has 0 radical (unpaired) electrons. The molecular formula is C13H17BrN4. The number of aromatic nitrogens is 3. The van der Waals surface area contributed by atoms with Gasteiger partial charge in [-0.2, -0.15) is 0 Å². The molecule has 96 valence electrons. The molecule has 5 heteroatoms. The second-order valence-corrected chi connectivity index (χ2v) is 5.60. The Bertz CT molecular complexity index is 551. The molecule has 0 aromatic carbocycles. The minimum absolute atomic E-state index is 0.410. The van der Waals surface area contributed by atoms with E-state index in [1.165, 1.54) is 25.8 Å². The molecule has 4 nitrogen and oxygen atoms in total. The summed E-state index contributed by atoms with van der Waals surface area (Å²) < 4.78 is 3.12. The zero-order chi connectivity index (χ0) is 12.5. The first-order valence-electron chi connectivity index (χ1n) is 6.54. The summed E-state index contributed by atoms with van der Waals surface area (Å²) in [4.78, 5) is 2.50. The van der Waals surface area contributed by atoms with Gasteiger partial charge in [-0.1, -0.05) is 13.3 Å². The van der Waals surface area contributed by atoms with Crippen LogP contribution in [0.5, 0.6) is 0 Å². The van der Waals surface area contributed by atoms with Crippen LogP contribution in [0.25, 0.3) is 5.65 Å². The van der Waals surface area contributed by atoms with E-state index in [9.17, 15) is 0 Å². The number of hydrogen-bond acceptors (Lipinski definition) is 3. The highest BCUT2D eigenvalue weighted by Crippen LogP contribution is 2.30. The summed E-state index contributed by atoms with van der Waals surface area (Å²) in [5.41, 5.74) is 0.911. The normalized spacial score (nSPS) is 21.6. The molecule has 1 atom stereocenters. The number of hydrogen-bond donors (Lipinski definition) is 0. The maximum Gasteiger partial charge on any atom is 0.175 e. The Morgan fingerprint density at radius 1 is 1.39 bits per heavy atom. The zero-order valence-corrected chi connectivity index (χ0v) is 12.1. The van der Waals surface area contributed by atoms with Gasteiger partial charge in [0.05, 0.1) is 10.5 Å². The Kier molecular flexibility index (Phi) is 3.35. The Morgan fingerprint density at radius 2 is 2.28 bits per heavy atom. The van der Waals surface area contributed by atoms with Crippen molar-refractivity contribution in [3.05, 3.63) is 28.6 Å². The molecule has 1 unspecified atom stereocenters. The van der Waals surface area contributed by atoms with Gasteiger partial charge in [-0.05, 0) is 54.0 Å². The summed E-state index contributed by atoms with van der Waals surface area (Å²) in [7, 11) is 0. The Labute approximate surface area is 115 Å². The van der Waals surface area contributed by atoms with Crippen molar-refractivity contribution in [1.82, 2.24) is 19.5 Å². The molecule has 0 N–H and O–H groups in total. The van der Waals surface area contributed by atoms with Gasteiger partial charge in [0, 0.05) is 6.20 Å². The fourth-order valence-electron chi connectivity index (χ4n) is 2.79. The van der Waals surface area contributed by atoms with Crippen LogP contribution in [-0.2, 0) is 0 Å². The summed E-state index contributed by atoms with van der Waals surface area (Å²) in [6, 6.07) is 4.45. The summed E-state index contributed by atoms with van der Waals surface area (Å²) in [5, 5.41) is 8.72. The van der Waals surface area contributed by atoms with Gasteiger partial charge in [0.1, 0.15) is 0 Å². The van der Waals surface area contributed by atoms with Crippen LogP contribution in [0.15, 0.2) is 22.8 Å². The first-order chi connectivity index (χ1) is 8.81. The van der Waals surface area contributed by atoms with E-state index < -0.39 is 0 Å². The molecule has 2 aromatic rings. The second kappa shape index (κ2) is 4.97. The van der Waals surface area contributed by atoms with Gasteiger partial charge < -0.3 is 0 Å². The van der Waals surface area contributed by atoms with E-state index in [0.29, 0.717) is 6.04 Å². The molecule has 3 rings (SSSR count). The van der Waals surface area contributed by atoms with Crippen molar-refractivity contribution >= 4 is 21.6 Å². The summed E-state index contributed by atoms with van der Waals surface area (Å²) in [6.45, 7) is 4.47. The molecule has 1 fully saturated rings.